The summed E-state index contributed by atoms with van der Waals surface area (Å²) in [6, 6.07) is 19.5. The zero-order valence-electron chi connectivity index (χ0n) is 15.2. The summed E-state index contributed by atoms with van der Waals surface area (Å²) < 4.78 is 5.96. The number of carbonyl (C=O) groups is 2. The Bertz CT molecular complexity index is 737. The number of ketones is 1. The number of carbonyl (C=O) groups excluding carboxylic acids is 2. The molecule has 26 heavy (non-hydrogen) atoms. The molecule has 1 heterocycles. The molecule has 136 valence electrons. The quantitative estimate of drug-likeness (QED) is 0.545. The molecule has 0 radical (unpaired) electrons. The summed E-state index contributed by atoms with van der Waals surface area (Å²) in [4.78, 5) is 25.6. The zero-order valence-corrected chi connectivity index (χ0v) is 16.0. The van der Waals surface area contributed by atoms with Gasteiger partial charge in [0.05, 0.1) is 6.42 Å². The summed E-state index contributed by atoms with van der Waals surface area (Å²) in [5.74, 6) is 0.484. The van der Waals surface area contributed by atoms with Gasteiger partial charge in [0.1, 0.15) is 5.60 Å². The van der Waals surface area contributed by atoms with Gasteiger partial charge in [0.25, 0.3) is 0 Å². The third kappa shape index (κ3) is 4.18. The summed E-state index contributed by atoms with van der Waals surface area (Å²) in [6.45, 7) is 4.17. The number of hydrogen-bond donors (Lipinski definition) is 0. The number of Topliss-reactive ketones (excluding diaryl/α,β-unsaturated/α-hetero) is 1. The van der Waals surface area contributed by atoms with Crippen LogP contribution in [0.4, 0.5) is 0 Å². The summed E-state index contributed by atoms with van der Waals surface area (Å²) in [6.07, 6.45) is 0.887. The maximum absolute atomic E-state index is 12.9. The molecule has 0 spiro atoms. The Labute approximate surface area is 159 Å². The second kappa shape index (κ2) is 8.09. The number of benzene rings is 2. The van der Waals surface area contributed by atoms with Gasteiger partial charge in [0.2, 0.25) is 0 Å². The van der Waals surface area contributed by atoms with Crippen molar-refractivity contribution in [3.05, 3.63) is 71.8 Å². The average Bonchev–Trinajstić information content (AvgIpc) is 2.62. The van der Waals surface area contributed by atoms with Crippen LogP contribution in [0.15, 0.2) is 60.7 Å². The first-order chi connectivity index (χ1) is 12.5. The smallest absolute Gasteiger partial charge is 0.327 e. The van der Waals surface area contributed by atoms with Crippen LogP contribution in [0.2, 0.25) is 0 Å². The predicted octanol–water partition coefficient (Wildman–Crippen LogP) is 4.75. The van der Waals surface area contributed by atoms with E-state index in [4.69, 9.17) is 4.74 Å². The van der Waals surface area contributed by atoms with Crippen molar-refractivity contribution in [2.45, 2.75) is 43.3 Å². The van der Waals surface area contributed by atoms with E-state index >= 15 is 0 Å². The van der Waals surface area contributed by atoms with Crippen molar-refractivity contribution in [3.63, 3.8) is 0 Å². The van der Waals surface area contributed by atoms with Gasteiger partial charge in [-0.25, -0.2) is 0 Å². The van der Waals surface area contributed by atoms with Crippen molar-refractivity contribution >= 4 is 23.5 Å². The Balaban J connectivity index is 1.78. The first kappa shape index (κ1) is 18.7. The average molecular weight is 368 g/mol. The van der Waals surface area contributed by atoms with Gasteiger partial charge < -0.3 is 4.74 Å². The van der Waals surface area contributed by atoms with Gasteiger partial charge in [-0.2, -0.15) is 0 Å². The molecule has 0 bridgehead atoms. The lowest BCUT2D eigenvalue weighted by atomic mass is 9.79. The van der Waals surface area contributed by atoms with Crippen molar-refractivity contribution in [2.24, 2.45) is 5.92 Å². The highest BCUT2D eigenvalue weighted by Gasteiger charge is 2.48. The molecule has 3 rings (SSSR count). The van der Waals surface area contributed by atoms with Crippen molar-refractivity contribution in [3.8, 4) is 0 Å². The molecule has 0 aromatic heterocycles. The lowest BCUT2D eigenvalue weighted by Crippen LogP contribution is -2.48. The molecule has 1 fully saturated rings. The number of rotatable bonds is 6. The number of esters is 1. The van der Waals surface area contributed by atoms with E-state index in [1.165, 1.54) is 11.8 Å². The monoisotopic (exact) mass is 368 g/mol. The molecule has 1 aliphatic heterocycles. The van der Waals surface area contributed by atoms with Gasteiger partial charge in [-0.05, 0) is 23.5 Å². The minimum atomic E-state index is -0.840. The zero-order chi connectivity index (χ0) is 18.6. The summed E-state index contributed by atoms with van der Waals surface area (Å²) >= 11 is 1.36. The Morgan fingerprint density at radius 3 is 2.23 bits per heavy atom. The molecule has 2 atom stereocenters. The molecular weight excluding hydrogens is 344 g/mol. The molecule has 1 saturated heterocycles. The fourth-order valence-electron chi connectivity index (χ4n) is 3.50. The van der Waals surface area contributed by atoms with Crippen LogP contribution in [-0.2, 0) is 25.7 Å². The van der Waals surface area contributed by atoms with E-state index in [0.717, 1.165) is 11.1 Å². The van der Waals surface area contributed by atoms with Crippen LogP contribution >= 0.6 is 11.8 Å². The molecule has 2 unspecified atom stereocenters. The molecule has 0 N–H and O–H groups in total. The molecular formula is C22H24O3S. The van der Waals surface area contributed by atoms with Crippen molar-refractivity contribution < 1.29 is 14.3 Å². The second-order valence-corrected chi connectivity index (χ2v) is 8.29. The molecule has 0 saturated carbocycles. The topological polar surface area (TPSA) is 43.4 Å². The van der Waals surface area contributed by atoms with Gasteiger partial charge in [-0.15, -0.1) is 11.8 Å². The van der Waals surface area contributed by atoms with Gasteiger partial charge in [0.15, 0.2) is 11.0 Å². The molecule has 4 heteroatoms. The van der Waals surface area contributed by atoms with Crippen molar-refractivity contribution in [1.82, 2.24) is 0 Å². The van der Waals surface area contributed by atoms with Crippen LogP contribution in [0, 0.1) is 5.92 Å². The largest absolute Gasteiger partial charge is 0.453 e. The minimum absolute atomic E-state index is 0.0355. The molecule has 0 amide bonds. The number of cyclic esters (lactones) is 1. The standard InChI is InChI=1S/C22H24O3S/c1-16(2)13-22(18-11-7-4-8-12-18)14-19(23)20(21(24)25-22)26-15-17-9-5-3-6-10-17/h3-12,16,20H,13-15H2,1-2H3. The third-order valence-electron chi connectivity index (χ3n) is 4.56. The highest BCUT2D eigenvalue weighted by atomic mass is 32.2. The normalized spacial score (nSPS) is 23.1. The van der Waals surface area contributed by atoms with E-state index in [9.17, 15) is 9.59 Å². The Kier molecular flexibility index (Phi) is 5.82. The molecule has 2 aromatic rings. The van der Waals surface area contributed by atoms with Gasteiger partial charge in [-0.3, -0.25) is 9.59 Å². The van der Waals surface area contributed by atoms with Gasteiger partial charge >= 0.3 is 5.97 Å². The van der Waals surface area contributed by atoms with E-state index in [-0.39, 0.29) is 12.2 Å². The van der Waals surface area contributed by atoms with Crippen LogP contribution < -0.4 is 0 Å². The Hall–Kier alpha value is -2.07. The number of ether oxygens (including phenoxy) is 1. The predicted molar refractivity (Wildman–Crippen MR) is 105 cm³/mol. The van der Waals surface area contributed by atoms with Crippen LogP contribution in [0.5, 0.6) is 0 Å². The Morgan fingerprint density at radius 2 is 1.65 bits per heavy atom. The minimum Gasteiger partial charge on any atom is -0.453 e. The summed E-state index contributed by atoms with van der Waals surface area (Å²) in [5.41, 5.74) is 1.16. The SMILES string of the molecule is CC(C)CC1(c2ccccc2)CC(=O)C(SCc2ccccc2)C(=O)O1. The van der Waals surface area contributed by atoms with E-state index < -0.39 is 16.8 Å². The number of hydrogen-bond acceptors (Lipinski definition) is 4. The first-order valence-corrected chi connectivity index (χ1v) is 10.0. The van der Waals surface area contributed by atoms with Crippen LogP contribution in [0.3, 0.4) is 0 Å². The first-order valence-electron chi connectivity index (χ1n) is 8.97. The van der Waals surface area contributed by atoms with Crippen LogP contribution in [0.1, 0.15) is 37.8 Å². The maximum Gasteiger partial charge on any atom is 0.327 e. The van der Waals surface area contributed by atoms with E-state index in [1.807, 2.05) is 60.7 Å². The fourth-order valence-corrected chi connectivity index (χ4v) is 4.50. The lowest BCUT2D eigenvalue weighted by Gasteiger charge is -2.40. The molecule has 0 aliphatic carbocycles. The third-order valence-corrected chi connectivity index (χ3v) is 5.85. The van der Waals surface area contributed by atoms with Gasteiger partial charge in [0, 0.05) is 5.75 Å². The molecule has 1 aliphatic rings. The molecule has 2 aromatic carbocycles. The van der Waals surface area contributed by atoms with Crippen LogP contribution in [0.25, 0.3) is 0 Å². The maximum atomic E-state index is 12.9. The van der Waals surface area contributed by atoms with Crippen molar-refractivity contribution in [2.75, 3.05) is 0 Å². The highest BCUT2D eigenvalue weighted by Crippen LogP contribution is 2.42. The molecule has 3 nitrogen and oxygen atoms in total. The fraction of sp³-hybridized carbons (Fsp3) is 0.364. The van der Waals surface area contributed by atoms with E-state index in [2.05, 4.69) is 13.8 Å². The van der Waals surface area contributed by atoms with Crippen LogP contribution in [-0.4, -0.2) is 17.0 Å². The van der Waals surface area contributed by atoms with E-state index in [1.54, 1.807) is 0 Å². The summed E-state index contributed by atoms with van der Waals surface area (Å²) in [5, 5.41) is -0.737. The highest BCUT2D eigenvalue weighted by molar-refractivity contribution is 8.00. The Morgan fingerprint density at radius 1 is 1.04 bits per heavy atom. The number of thioether (sulfide) groups is 1. The summed E-state index contributed by atoms with van der Waals surface area (Å²) in [7, 11) is 0. The lowest BCUT2D eigenvalue weighted by molar-refractivity contribution is -0.173. The van der Waals surface area contributed by atoms with Gasteiger partial charge in [-0.1, -0.05) is 74.5 Å². The van der Waals surface area contributed by atoms with E-state index in [0.29, 0.717) is 18.1 Å². The second-order valence-electron chi connectivity index (χ2n) is 7.20. The van der Waals surface area contributed by atoms with Crippen molar-refractivity contribution in [1.29, 1.82) is 0 Å².